The Morgan fingerprint density at radius 1 is 0.720 bits per heavy atom. The average molecular weight is 677 g/mol. The largest absolute Gasteiger partial charge is 0.366 e. The lowest BCUT2D eigenvalue weighted by atomic mass is 9.47. The molecule has 0 aromatic rings. The van der Waals surface area contributed by atoms with Crippen molar-refractivity contribution in [1.82, 2.24) is 0 Å². The lowest BCUT2D eigenvalue weighted by molar-refractivity contribution is -0.126. The Labute approximate surface area is 300 Å². The van der Waals surface area contributed by atoms with Gasteiger partial charge in [-0.2, -0.15) is 0 Å². The molecule has 0 amide bonds. The van der Waals surface area contributed by atoms with Gasteiger partial charge in [0.15, 0.2) is 11.6 Å². The molecule has 6 fully saturated rings. The van der Waals surface area contributed by atoms with E-state index < -0.39 is 0 Å². The minimum Gasteiger partial charge on any atom is -0.366 e. The normalized spacial score (nSPS) is 50.9. The Morgan fingerprint density at radius 2 is 1.42 bits per heavy atom. The SMILES string of the molecule is CC[C@]12CCC3C(C=CC4=CC(=O)CC[C@@H]43)C1CC[C@@]21C=CCO1.C[C@]12CCC3C(C(C4CC4)CC4=CC(=O)CC[C@@H]43)C1CC[C@@]21C=CCO1. The Hall–Kier alpha value is -2.04. The maximum Gasteiger partial charge on any atom is 0.155 e. The van der Waals surface area contributed by atoms with Gasteiger partial charge in [-0.1, -0.05) is 55.9 Å². The van der Waals surface area contributed by atoms with Crippen LogP contribution in [0.5, 0.6) is 0 Å². The van der Waals surface area contributed by atoms with E-state index in [1.165, 1.54) is 82.6 Å². The molecule has 11 rings (SSSR count). The number of allylic oxidation sites excluding steroid dienone is 5. The van der Waals surface area contributed by atoms with Crippen molar-refractivity contribution in [1.29, 1.82) is 0 Å². The average Bonchev–Trinajstić information content (AvgIpc) is 3.42. The van der Waals surface area contributed by atoms with Gasteiger partial charge in [-0.3, -0.25) is 9.59 Å². The summed E-state index contributed by atoms with van der Waals surface area (Å²) in [6.45, 7) is 6.57. The summed E-state index contributed by atoms with van der Waals surface area (Å²) in [5.41, 5.74) is 3.59. The number of rotatable bonds is 2. The highest BCUT2D eigenvalue weighted by atomic mass is 16.5. The molecule has 268 valence electrons. The molecule has 4 heteroatoms. The van der Waals surface area contributed by atoms with Crippen molar-refractivity contribution < 1.29 is 19.1 Å². The van der Waals surface area contributed by atoms with Crippen LogP contribution in [0.3, 0.4) is 0 Å². The first-order chi connectivity index (χ1) is 24.3. The molecule has 11 aliphatic rings. The van der Waals surface area contributed by atoms with Gasteiger partial charge in [0, 0.05) is 23.7 Å². The van der Waals surface area contributed by atoms with Crippen molar-refractivity contribution in [3.63, 3.8) is 0 Å². The highest BCUT2D eigenvalue weighted by Gasteiger charge is 2.66. The molecular weight excluding hydrogens is 617 g/mol. The second kappa shape index (κ2) is 11.7. The van der Waals surface area contributed by atoms with Gasteiger partial charge >= 0.3 is 0 Å². The van der Waals surface area contributed by atoms with Gasteiger partial charge < -0.3 is 9.47 Å². The molecule has 9 aliphatic carbocycles. The molecule has 50 heavy (non-hydrogen) atoms. The highest BCUT2D eigenvalue weighted by Crippen LogP contribution is 2.70. The number of ether oxygens (including phenoxy) is 2. The van der Waals surface area contributed by atoms with Crippen molar-refractivity contribution in [3.05, 3.63) is 59.8 Å². The summed E-state index contributed by atoms with van der Waals surface area (Å²) in [6.07, 6.45) is 37.6. The molecule has 7 unspecified atom stereocenters. The summed E-state index contributed by atoms with van der Waals surface area (Å²) in [5, 5.41) is 0. The number of ketones is 2. The van der Waals surface area contributed by atoms with Crippen LogP contribution >= 0.6 is 0 Å². The fourth-order valence-corrected chi connectivity index (χ4v) is 15.5. The van der Waals surface area contributed by atoms with Crippen LogP contribution in [-0.2, 0) is 19.1 Å². The molecule has 2 heterocycles. The summed E-state index contributed by atoms with van der Waals surface area (Å²) < 4.78 is 12.8. The Balaban J connectivity index is 0.000000127. The van der Waals surface area contributed by atoms with E-state index >= 15 is 0 Å². The first kappa shape index (κ1) is 32.6. The van der Waals surface area contributed by atoms with Crippen molar-refractivity contribution >= 4 is 11.6 Å². The van der Waals surface area contributed by atoms with E-state index in [0.717, 1.165) is 80.3 Å². The first-order valence-electron chi connectivity index (χ1n) is 21.1. The van der Waals surface area contributed by atoms with E-state index in [-0.39, 0.29) is 11.2 Å². The van der Waals surface area contributed by atoms with Gasteiger partial charge in [0.05, 0.1) is 24.4 Å². The maximum absolute atomic E-state index is 12.1. The lowest BCUT2D eigenvalue weighted by Crippen LogP contribution is -2.54. The van der Waals surface area contributed by atoms with Crippen LogP contribution in [0.15, 0.2) is 59.8 Å². The smallest absolute Gasteiger partial charge is 0.155 e. The van der Waals surface area contributed by atoms with Gasteiger partial charge in [0.25, 0.3) is 0 Å². The zero-order valence-electron chi connectivity index (χ0n) is 30.8. The molecule has 2 aliphatic heterocycles. The third-order valence-electron chi connectivity index (χ3n) is 17.8. The van der Waals surface area contributed by atoms with E-state index in [4.69, 9.17) is 9.47 Å². The van der Waals surface area contributed by atoms with Crippen molar-refractivity contribution in [2.45, 2.75) is 128 Å². The van der Waals surface area contributed by atoms with Crippen LogP contribution in [0.25, 0.3) is 0 Å². The molecule has 0 N–H and O–H groups in total. The van der Waals surface area contributed by atoms with Gasteiger partial charge in [-0.25, -0.2) is 0 Å². The molecule has 4 nitrogen and oxygen atoms in total. The van der Waals surface area contributed by atoms with Crippen molar-refractivity contribution in [3.8, 4) is 0 Å². The molecule has 0 radical (unpaired) electrons. The molecule has 0 aromatic carbocycles. The van der Waals surface area contributed by atoms with Crippen LogP contribution in [0, 0.1) is 70.0 Å². The Morgan fingerprint density at radius 3 is 2.16 bits per heavy atom. The van der Waals surface area contributed by atoms with Gasteiger partial charge in [-0.15, -0.1) is 0 Å². The molecular formula is C46H60O4. The fraction of sp³-hybridized carbons (Fsp3) is 0.739. The molecule has 0 saturated heterocycles. The van der Waals surface area contributed by atoms with E-state index in [9.17, 15) is 9.59 Å². The molecule has 13 atom stereocenters. The predicted molar refractivity (Wildman–Crippen MR) is 196 cm³/mol. The number of hydrogen-bond acceptors (Lipinski definition) is 4. The van der Waals surface area contributed by atoms with Crippen LogP contribution in [0.2, 0.25) is 0 Å². The van der Waals surface area contributed by atoms with Gasteiger partial charge in [-0.05, 0) is 167 Å². The van der Waals surface area contributed by atoms with E-state index in [1.54, 1.807) is 5.57 Å². The molecule has 2 spiro atoms. The lowest BCUT2D eigenvalue weighted by Gasteiger charge is -2.58. The molecule has 0 bridgehead atoms. The zero-order valence-corrected chi connectivity index (χ0v) is 30.8. The van der Waals surface area contributed by atoms with Crippen molar-refractivity contribution in [2.75, 3.05) is 13.2 Å². The van der Waals surface area contributed by atoms with E-state index in [1.807, 2.05) is 6.08 Å². The third kappa shape index (κ3) is 4.55. The summed E-state index contributed by atoms with van der Waals surface area (Å²) in [7, 11) is 0. The van der Waals surface area contributed by atoms with Gasteiger partial charge in [0.1, 0.15) is 0 Å². The summed E-state index contributed by atoms with van der Waals surface area (Å²) >= 11 is 0. The third-order valence-corrected chi connectivity index (χ3v) is 17.8. The zero-order chi connectivity index (χ0) is 33.9. The fourth-order valence-electron chi connectivity index (χ4n) is 15.5. The first-order valence-corrected chi connectivity index (χ1v) is 21.1. The summed E-state index contributed by atoms with van der Waals surface area (Å²) in [5.74, 6) is 8.60. The van der Waals surface area contributed by atoms with Gasteiger partial charge in [0.2, 0.25) is 0 Å². The maximum atomic E-state index is 12.1. The molecule has 0 aromatic heterocycles. The number of carbonyl (C=O) groups excluding carboxylic acids is 2. The second-order valence-corrected chi connectivity index (χ2v) is 19.1. The van der Waals surface area contributed by atoms with Crippen LogP contribution in [-0.4, -0.2) is 36.0 Å². The topological polar surface area (TPSA) is 52.6 Å². The minimum atomic E-state index is 0.0177. The summed E-state index contributed by atoms with van der Waals surface area (Å²) in [4.78, 5) is 23.9. The molecule has 6 saturated carbocycles. The standard InChI is InChI=1S/C24H32O2.C22H28O2/c1-23-10-7-19-18-6-5-17(25)13-16(18)14-20(15-3-4-15)22(19)21(23)8-11-24(23)9-2-12-26-24;1-2-21-11-8-18-17-7-5-16(23)14-15(17)4-6-19(18)20(21)9-12-22(21)10-3-13-24-22/h2,9,13,15,18-22H,3-8,10-12,14H2,1H3;3-4,6,10,14,17-20H,2,5,7-9,11-13H2,1H3/t18-,19?,20?,21?,22?,23-,24-;17-,18?,19?,20?,21-,22-/m00/s1. The summed E-state index contributed by atoms with van der Waals surface area (Å²) in [6, 6.07) is 0. The van der Waals surface area contributed by atoms with Crippen molar-refractivity contribution in [2.24, 2.45) is 70.0 Å². The van der Waals surface area contributed by atoms with Crippen LogP contribution in [0.4, 0.5) is 0 Å². The quantitative estimate of drug-likeness (QED) is 0.273. The van der Waals surface area contributed by atoms with Crippen LogP contribution in [0.1, 0.15) is 117 Å². The minimum absolute atomic E-state index is 0.0177. The Bertz CT molecular complexity index is 1590. The predicted octanol–water partition coefficient (Wildman–Crippen LogP) is 9.71. The monoisotopic (exact) mass is 676 g/mol. The number of fused-ring (bicyclic) bond motifs is 12. The number of hydrogen-bond donors (Lipinski definition) is 0. The number of carbonyl (C=O) groups is 2. The highest BCUT2D eigenvalue weighted by molar-refractivity contribution is 5.92. The second-order valence-electron chi connectivity index (χ2n) is 19.1. The van der Waals surface area contributed by atoms with E-state index in [2.05, 4.69) is 56.4 Å². The van der Waals surface area contributed by atoms with E-state index in [0.29, 0.717) is 40.2 Å². The Kier molecular flexibility index (Phi) is 7.65. The van der Waals surface area contributed by atoms with Crippen LogP contribution < -0.4 is 0 Å².